The van der Waals surface area contributed by atoms with E-state index in [1.165, 1.54) is 4.90 Å². The molecule has 1 saturated heterocycles. The summed E-state index contributed by atoms with van der Waals surface area (Å²) in [7, 11) is 0. The zero-order valence-electron chi connectivity index (χ0n) is 14.4. The van der Waals surface area contributed by atoms with Crippen molar-refractivity contribution in [2.45, 2.75) is 52.4 Å². The fourth-order valence-electron chi connectivity index (χ4n) is 3.38. The van der Waals surface area contributed by atoms with Crippen LogP contribution in [0.5, 0.6) is 0 Å². The minimum absolute atomic E-state index is 0.166. The highest BCUT2D eigenvalue weighted by atomic mass is 16.5. The van der Waals surface area contributed by atoms with Crippen molar-refractivity contribution in [3.63, 3.8) is 0 Å². The zero-order chi connectivity index (χ0) is 17.0. The molecule has 0 bridgehead atoms. The first kappa shape index (κ1) is 17.7. The van der Waals surface area contributed by atoms with E-state index >= 15 is 0 Å². The molecule has 130 valence electrons. The molecule has 0 radical (unpaired) electrons. The second-order valence-electron chi connectivity index (χ2n) is 6.26. The van der Waals surface area contributed by atoms with E-state index in [0.717, 1.165) is 13.1 Å². The van der Waals surface area contributed by atoms with Crippen molar-refractivity contribution in [2.24, 2.45) is 0 Å². The van der Waals surface area contributed by atoms with Crippen LogP contribution in [-0.2, 0) is 14.3 Å². The summed E-state index contributed by atoms with van der Waals surface area (Å²) in [6, 6.07) is -0.554. The normalized spacial score (nSPS) is 31.4. The SMILES string of the molecule is CCOC(=O)C1=C(C[NH+]2C[C@@H](C)O[C@H](C)C2)NC(=O)N[C@H]1CC. The molecule has 0 spiro atoms. The molecule has 2 heterocycles. The molecule has 0 aromatic carbocycles. The highest BCUT2D eigenvalue weighted by Crippen LogP contribution is 2.16. The largest absolute Gasteiger partial charge is 0.463 e. The van der Waals surface area contributed by atoms with E-state index in [1.807, 2.05) is 20.8 Å². The number of quaternary nitrogens is 1. The van der Waals surface area contributed by atoms with Gasteiger partial charge in [0.15, 0.2) is 0 Å². The third-order valence-corrected chi connectivity index (χ3v) is 4.19. The molecule has 1 fully saturated rings. The van der Waals surface area contributed by atoms with Crippen LogP contribution in [0.4, 0.5) is 4.79 Å². The summed E-state index contributed by atoms with van der Waals surface area (Å²) in [6.45, 7) is 10.4. The molecule has 2 aliphatic rings. The predicted octanol–water partition coefficient (Wildman–Crippen LogP) is -0.413. The van der Waals surface area contributed by atoms with Gasteiger partial charge in [0.1, 0.15) is 31.8 Å². The van der Waals surface area contributed by atoms with Crippen LogP contribution < -0.4 is 15.5 Å². The first-order valence-corrected chi connectivity index (χ1v) is 8.41. The molecule has 0 aliphatic carbocycles. The van der Waals surface area contributed by atoms with Gasteiger partial charge in [0, 0.05) is 0 Å². The molecular formula is C16H28N3O4+. The Balaban J connectivity index is 2.24. The van der Waals surface area contributed by atoms with Gasteiger partial charge < -0.3 is 25.0 Å². The lowest BCUT2D eigenvalue weighted by Gasteiger charge is -2.35. The second kappa shape index (κ2) is 7.79. The second-order valence-corrected chi connectivity index (χ2v) is 6.26. The standard InChI is InChI=1S/C16H27N3O4/c1-5-12-14(15(20)22-6-2)13(18-16(21)17-12)9-19-7-10(3)23-11(4)8-19/h10-12H,5-9H2,1-4H3,(H2,17,18,21)/p+1/t10-,11-,12+/m1/s1. The molecular weight excluding hydrogens is 298 g/mol. The van der Waals surface area contributed by atoms with E-state index < -0.39 is 0 Å². The van der Waals surface area contributed by atoms with Crippen molar-refractivity contribution < 1.29 is 24.0 Å². The minimum atomic E-state index is -0.351. The molecule has 23 heavy (non-hydrogen) atoms. The number of hydrogen-bond donors (Lipinski definition) is 3. The van der Waals surface area contributed by atoms with E-state index in [-0.39, 0.29) is 30.3 Å². The van der Waals surface area contributed by atoms with Gasteiger partial charge >= 0.3 is 12.0 Å². The van der Waals surface area contributed by atoms with Crippen LogP contribution in [0.15, 0.2) is 11.3 Å². The number of carbonyl (C=O) groups excluding carboxylic acids is 2. The maximum Gasteiger partial charge on any atom is 0.338 e. The number of morpholine rings is 1. The number of amides is 2. The number of carbonyl (C=O) groups is 2. The van der Waals surface area contributed by atoms with Crippen LogP contribution in [0.3, 0.4) is 0 Å². The Morgan fingerprint density at radius 2 is 1.96 bits per heavy atom. The molecule has 0 unspecified atom stereocenters. The molecule has 7 heteroatoms. The lowest BCUT2D eigenvalue weighted by atomic mass is 9.99. The molecule has 2 amide bonds. The van der Waals surface area contributed by atoms with Gasteiger partial charge in [-0.15, -0.1) is 0 Å². The summed E-state index contributed by atoms with van der Waals surface area (Å²) in [5, 5.41) is 5.61. The van der Waals surface area contributed by atoms with Gasteiger partial charge in [-0.1, -0.05) is 6.92 Å². The topological polar surface area (TPSA) is 81.1 Å². The number of rotatable bonds is 5. The van der Waals surface area contributed by atoms with Crippen LogP contribution in [-0.4, -0.2) is 56.5 Å². The Morgan fingerprint density at radius 1 is 1.30 bits per heavy atom. The molecule has 7 nitrogen and oxygen atoms in total. The summed E-state index contributed by atoms with van der Waals surface area (Å²) in [6.07, 6.45) is 0.982. The van der Waals surface area contributed by atoms with E-state index in [4.69, 9.17) is 9.47 Å². The van der Waals surface area contributed by atoms with Gasteiger partial charge in [-0.05, 0) is 27.2 Å². The molecule has 0 aromatic heterocycles. The van der Waals surface area contributed by atoms with Gasteiger partial charge in [-0.3, -0.25) is 0 Å². The molecule has 3 atom stereocenters. The van der Waals surface area contributed by atoms with Gasteiger partial charge in [0.25, 0.3) is 0 Å². The number of ether oxygens (including phenoxy) is 2. The average molecular weight is 326 g/mol. The average Bonchev–Trinajstić information content (AvgIpc) is 2.45. The first-order chi connectivity index (χ1) is 10.9. The Bertz CT molecular complexity index is 482. The zero-order valence-corrected chi connectivity index (χ0v) is 14.4. The Morgan fingerprint density at radius 3 is 2.52 bits per heavy atom. The van der Waals surface area contributed by atoms with Gasteiger partial charge in [-0.25, -0.2) is 9.59 Å². The number of hydrogen-bond acceptors (Lipinski definition) is 4. The molecule has 0 aromatic rings. The molecule has 3 N–H and O–H groups in total. The monoisotopic (exact) mass is 326 g/mol. The van der Waals surface area contributed by atoms with E-state index in [9.17, 15) is 9.59 Å². The Kier molecular flexibility index (Phi) is 6.01. The third-order valence-electron chi connectivity index (χ3n) is 4.19. The predicted molar refractivity (Wildman–Crippen MR) is 85.0 cm³/mol. The lowest BCUT2D eigenvalue weighted by molar-refractivity contribution is -0.910. The van der Waals surface area contributed by atoms with Crippen LogP contribution in [0.2, 0.25) is 0 Å². The summed E-state index contributed by atoms with van der Waals surface area (Å²) in [5.41, 5.74) is 1.23. The van der Waals surface area contributed by atoms with Crippen LogP contribution in [0, 0.1) is 0 Å². The number of nitrogens with one attached hydrogen (secondary N) is 3. The summed E-state index contributed by atoms with van der Waals surface area (Å²) in [5.74, 6) is -0.351. The fourth-order valence-corrected chi connectivity index (χ4v) is 3.38. The van der Waals surface area contributed by atoms with Crippen LogP contribution in [0.1, 0.15) is 34.1 Å². The quantitative estimate of drug-likeness (QED) is 0.600. The van der Waals surface area contributed by atoms with Gasteiger partial charge in [-0.2, -0.15) is 0 Å². The molecule has 2 rings (SSSR count). The van der Waals surface area contributed by atoms with Crippen molar-refractivity contribution in [3.05, 3.63) is 11.3 Å². The minimum Gasteiger partial charge on any atom is -0.463 e. The van der Waals surface area contributed by atoms with E-state index in [2.05, 4.69) is 10.6 Å². The van der Waals surface area contributed by atoms with E-state index in [1.54, 1.807) is 6.92 Å². The first-order valence-electron chi connectivity index (χ1n) is 8.41. The molecule has 2 aliphatic heterocycles. The molecule has 0 saturated carbocycles. The fraction of sp³-hybridized carbons (Fsp3) is 0.750. The van der Waals surface area contributed by atoms with E-state index in [0.29, 0.717) is 30.8 Å². The van der Waals surface area contributed by atoms with Gasteiger partial charge in [0.05, 0.1) is 23.9 Å². The van der Waals surface area contributed by atoms with Crippen molar-refractivity contribution in [1.82, 2.24) is 10.6 Å². The maximum absolute atomic E-state index is 12.3. The number of esters is 1. The highest BCUT2D eigenvalue weighted by Gasteiger charge is 2.34. The van der Waals surface area contributed by atoms with Crippen LogP contribution in [0.25, 0.3) is 0 Å². The summed E-state index contributed by atoms with van der Waals surface area (Å²) < 4.78 is 10.9. The Labute approximate surface area is 137 Å². The highest BCUT2D eigenvalue weighted by molar-refractivity contribution is 5.94. The smallest absolute Gasteiger partial charge is 0.338 e. The van der Waals surface area contributed by atoms with Crippen molar-refractivity contribution in [3.8, 4) is 0 Å². The van der Waals surface area contributed by atoms with Gasteiger partial charge in [0.2, 0.25) is 0 Å². The van der Waals surface area contributed by atoms with Crippen molar-refractivity contribution >= 4 is 12.0 Å². The Hall–Kier alpha value is -1.60. The third kappa shape index (κ3) is 4.45. The lowest BCUT2D eigenvalue weighted by Crippen LogP contribution is -3.15. The van der Waals surface area contributed by atoms with Crippen molar-refractivity contribution in [1.29, 1.82) is 0 Å². The summed E-state index contributed by atoms with van der Waals surface area (Å²) in [4.78, 5) is 25.5. The summed E-state index contributed by atoms with van der Waals surface area (Å²) >= 11 is 0. The number of urea groups is 1. The van der Waals surface area contributed by atoms with Crippen LogP contribution >= 0.6 is 0 Å². The maximum atomic E-state index is 12.3. The van der Waals surface area contributed by atoms with Crippen molar-refractivity contribution in [2.75, 3.05) is 26.2 Å².